The first-order valence-electron chi connectivity index (χ1n) is 8.57. The zero-order chi connectivity index (χ0) is 20.4. The van der Waals surface area contributed by atoms with Crippen molar-refractivity contribution in [2.24, 2.45) is 0 Å². The average molecular weight is 389 g/mol. The van der Waals surface area contributed by atoms with Gasteiger partial charge < -0.3 is 9.64 Å². The maximum Gasteiger partial charge on any atom is 0.430 e. The highest BCUT2D eigenvalue weighted by Gasteiger charge is 2.64. The van der Waals surface area contributed by atoms with Crippen LogP contribution in [-0.2, 0) is 19.9 Å². The van der Waals surface area contributed by atoms with Gasteiger partial charge in [0.15, 0.2) is 5.78 Å². The minimum absolute atomic E-state index is 0.112. The zero-order valence-electron chi connectivity index (χ0n) is 15.0. The molecule has 2 aromatic carbocycles. The van der Waals surface area contributed by atoms with Crippen molar-refractivity contribution in [3.63, 3.8) is 0 Å². The molecule has 28 heavy (non-hydrogen) atoms. The Bertz CT molecular complexity index is 881. The number of rotatable bonds is 4. The molecular weight excluding hydrogens is 371 g/mol. The summed E-state index contributed by atoms with van der Waals surface area (Å²) in [6, 6.07) is 14.4. The summed E-state index contributed by atoms with van der Waals surface area (Å²) < 4.78 is 47.5. The molecule has 0 fully saturated rings. The number of allylic oxidation sites excluding steroid dienone is 1. The molecular formula is C21H18F3NO3. The van der Waals surface area contributed by atoms with Crippen molar-refractivity contribution in [3.8, 4) is 0 Å². The van der Waals surface area contributed by atoms with Crippen molar-refractivity contribution in [3.05, 3.63) is 84.1 Å². The van der Waals surface area contributed by atoms with Gasteiger partial charge in [0.1, 0.15) is 0 Å². The van der Waals surface area contributed by atoms with Crippen molar-refractivity contribution < 1.29 is 27.5 Å². The minimum atomic E-state index is -5.02. The highest BCUT2D eigenvalue weighted by Crippen LogP contribution is 2.45. The van der Waals surface area contributed by atoms with E-state index < -0.39 is 23.7 Å². The van der Waals surface area contributed by atoms with Gasteiger partial charge in [0.05, 0.1) is 6.04 Å². The van der Waals surface area contributed by atoms with Gasteiger partial charge in [0, 0.05) is 25.3 Å². The van der Waals surface area contributed by atoms with Crippen LogP contribution in [0.1, 0.15) is 23.6 Å². The van der Waals surface area contributed by atoms with Crippen LogP contribution in [0.2, 0.25) is 0 Å². The lowest BCUT2D eigenvalue weighted by Gasteiger charge is -2.40. The number of methoxy groups -OCH3 is 1. The monoisotopic (exact) mass is 389 g/mol. The maximum atomic E-state index is 14.2. The molecule has 7 heteroatoms. The molecule has 0 saturated carbocycles. The van der Waals surface area contributed by atoms with Crippen LogP contribution < -0.4 is 0 Å². The standard InChI is InChI=1S/C21H18F3NO3/c1-28-20(21(22,23)24,16-10-6-3-7-11-16)19(27)25-13-12-17(26)14-18(25)15-8-4-2-5-9-15/h2-13,18H,14H2,1H3/t18-,20-/m0/s1. The number of amides is 1. The van der Waals surface area contributed by atoms with Crippen molar-refractivity contribution in [1.29, 1.82) is 0 Å². The van der Waals surface area contributed by atoms with E-state index in [0.717, 1.165) is 24.3 Å². The van der Waals surface area contributed by atoms with Crippen LogP contribution in [0.3, 0.4) is 0 Å². The third-order valence-electron chi connectivity index (χ3n) is 4.76. The van der Waals surface area contributed by atoms with Crippen LogP contribution in [0.5, 0.6) is 0 Å². The SMILES string of the molecule is CO[C@](C(=O)N1C=CC(=O)C[C@H]1c1ccccc1)(c1ccccc1)C(F)(F)F. The fourth-order valence-corrected chi connectivity index (χ4v) is 3.37. The predicted molar refractivity (Wildman–Crippen MR) is 96.0 cm³/mol. The minimum Gasteiger partial charge on any atom is -0.356 e. The fraction of sp³-hybridized carbons (Fsp3) is 0.238. The second-order valence-electron chi connectivity index (χ2n) is 6.37. The van der Waals surface area contributed by atoms with Crippen LogP contribution in [0.4, 0.5) is 13.2 Å². The number of alkyl halides is 3. The summed E-state index contributed by atoms with van der Waals surface area (Å²) in [6.45, 7) is 0. The largest absolute Gasteiger partial charge is 0.430 e. The Morgan fingerprint density at radius 3 is 2.14 bits per heavy atom. The van der Waals surface area contributed by atoms with E-state index in [0.29, 0.717) is 5.56 Å². The first-order valence-corrected chi connectivity index (χ1v) is 8.57. The summed E-state index contributed by atoms with van der Waals surface area (Å²) in [4.78, 5) is 26.2. The van der Waals surface area contributed by atoms with Gasteiger partial charge in [0.25, 0.3) is 11.5 Å². The van der Waals surface area contributed by atoms with E-state index in [2.05, 4.69) is 0 Å². The number of halogens is 3. The smallest absolute Gasteiger partial charge is 0.356 e. The molecule has 1 aliphatic heterocycles. The third kappa shape index (κ3) is 3.33. The van der Waals surface area contributed by atoms with Crippen LogP contribution >= 0.6 is 0 Å². The Morgan fingerprint density at radius 2 is 1.61 bits per heavy atom. The van der Waals surface area contributed by atoms with Crippen LogP contribution in [-0.4, -0.2) is 29.9 Å². The van der Waals surface area contributed by atoms with Gasteiger partial charge in [-0.1, -0.05) is 60.7 Å². The molecule has 0 radical (unpaired) electrons. The molecule has 0 spiro atoms. The number of ether oxygens (including phenoxy) is 1. The van der Waals surface area contributed by atoms with E-state index in [1.54, 1.807) is 36.4 Å². The van der Waals surface area contributed by atoms with E-state index >= 15 is 0 Å². The van der Waals surface area contributed by atoms with Gasteiger partial charge in [-0.05, 0) is 11.6 Å². The van der Waals surface area contributed by atoms with Gasteiger partial charge in [-0.25, -0.2) is 0 Å². The maximum absolute atomic E-state index is 14.2. The highest BCUT2D eigenvalue weighted by molar-refractivity contribution is 5.95. The molecule has 4 nitrogen and oxygen atoms in total. The number of hydrogen-bond acceptors (Lipinski definition) is 3. The summed E-state index contributed by atoms with van der Waals surface area (Å²) >= 11 is 0. The summed E-state index contributed by atoms with van der Waals surface area (Å²) in [5.74, 6) is -1.57. The summed E-state index contributed by atoms with van der Waals surface area (Å²) in [6.07, 6.45) is -2.91. The Hall–Kier alpha value is -2.93. The van der Waals surface area contributed by atoms with Crippen molar-refractivity contribution in [2.75, 3.05) is 7.11 Å². The Balaban J connectivity index is 2.14. The highest BCUT2D eigenvalue weighted by atomic mass is 19.4. The quantitative estimate of drug-likeness (QED) is 0.789. The van der Waals surface area contributed by atoms with Crippen molar-refractivity contribution in [1.82, 2.24) is 4.90 Å². The molecule has 0 bridgehead atoms. The number of carbonyl (C=O) groups is 2. The number of benzene rings is 2. The molecule has 1 amide bonds. The summed E-state index contributed by atoms with van der Waals surface area (Å²) in [7, 11) is 0.856. The van der Waals surface area contributed by atoms with Gasteiger partial charge in [0.2, 0.25) is 0 Å². The fourth-order valence-electron chi connectivity index (χ4n) is 3.37. The van der Waals surface area contributed by atoms with Gasteiger partial charge in [-0.15, -0.1) is 0 Å². The third-order valence-corrected chi connectivity index (χ3v) is 4.76. The molecule has 3 rings (SSSR count). The van der Waals surface area contributed by atoms with Crippen LogP contribution in [0.25, 0.3) is 0 Å². The molecule has 0 saturated heterocycles. The normalized spacial score (nSPS) is 19.4. The topological polar surface area (TPSA) is 46.6 Å². The first kappa shape index (κ1) is 19.8. The molecule has 1 aliphatic rings. The van der Waals surface area contributed by atoms with E-state index in [-0.39, 0.29) is 17.8 Å². The molecule has 146 valence electrons. The molecule has 0 aromatic heterocycles. The Kier molecular flexibility index (Phi) is 5.38. The van der Waals surface area contributed by atoms with Crippen molar-refractivity contribution in [2.45, 2.75) is 24.2 Å². The van der Waals surface area contributed by atoms with E-state index in [9.17, 15) is 22.8 Å². The van der Waals surface area contributed by atoms with Gasteiger partial charge in [-0.2, -0.15) is 13.2 Å². The van der Waals surface area contributed by atoms with E-state index in [1.165, 1.54) is 24.3 Å². The van der Waals surface area contributed by atoms with Gasteiger partial charge >= 0.3 is 6.18 Å². The molecule has 0 aliphatic carbocycles. The van der Waals surface area contributed by atoms with E-state index in [1.807, 2.05) is 0 Å². The lowest BCUT2D eigenvalue weighted by Crippen LogP contribution is -2.56. The second-order valence-corrected chi connectivity index (χ2v) is 6.37. The van der Waals surface area contributed by atoms with Gasteiger partial charge in [-0.3, -0.25) is 9.59 Å². The number of hydrogen-bond donors (Lipinski definition) is 0. The number of nitrogens with zero attached hydrogens (tertiary/aromatic N) is 1. The Labute approximate surface area is 160 Å². The molecule has 2 aromatic rings. The summed E-state index contributed by atoms with van der Waals surface area (Å²) in [5.41, 5.74) is -2.95. The predicted octanol–water partition coefficient (Wildman–Crippen LogP) is 4.15. The number of ketones is 1. The zero-order valence-corrected chi connectivity index (χ0v) is 15.0. The lowest BCUT2D eigenvalue weighted by molar-refractivity contribution is -0.270. The Morgan fingerprint density at radius 1 is 1.04 bits per heavy atom. The van der Waals surface area contributed by atoms with Crippen LogP contribution in [0.15, 0.2) is 72.9 Å². The molecule has 0 unspecified atom stereocenters. The lowest BCUT2D eigenvalue weighted by atomic mass is 9.88. The summed E-state index contributed by atoms with van der Waals surface area (Å²) in [5, 5.41) is 0. The molecule has 1 heterocycles. The second kappa shape index (κ2) is 7.59. The van der Waals surface area contributed by atoms with Crippen molar-refractivity contribution >= 4 is 11.7 Å². The molecule has 0 N–H and O–H groups in total. The first-order chi connectivity index (χ1) is 13.3. The number of carbonyl (C=O) groups excluding carboxylic acids is 2. The van der Waals surface area contributed by atoms with E-state index in [4.69, 9.17) is 4.74 Å². The molecule has 2 atom stereocenters. The van der Waals surface area contributed by atoms with Crippen LogP contribution in [0, 0.1) is 0 Å². The average Bonchev–Trinajstić information content (AvgIpc) is 2.69.